The van der Waals surface area contributed by atoms with Gasteiger partial charge in [0.1, 0.15) is 11.5 Å². The summed E-state index contributed by atoms with van der Waals surface area (Å²) in [5.74, 6) is -1.24. The monoisotopic (exact) mass is 484 g/mol. The van der Waals surface area contributed by atoms with Crippen LogP contribution in [0.3, 0.4) is 0 Å². The van der Waals surface area contributed by atoms with E-state index in [9.17, 15) is 26.4 Å². The standard InChI is InChI=1S/C20H24N2O8S2/c1-15(23)29-19-9-5-7-17(13-19)21-31(25,26)11-3-4-12-32(27,28)22-18-8-6-10-20(14-18)30-16(2)24/h5-10,13-14,21-22H,3-4,11-12H2,1-2H3. The van der Waals surface area contributed by atoms with E-state index in [2.05, 4.69) is 9.44 Å². The van der Waals surface area contributed by atoms with Crippen molar-refractivity contribution < 1.29 is 35.9 Å². The number of nitrogens with one attached hydrogen (secondary N) is 2. The number of esters is 2. The maximum Gasteiger partial charge on any atom is 0.308 e. The second-order valence-electron chi connectivity index (χ2n) is 6.79. The molecule has 0 heterocycles. The number of unbranched alkanes of at least 4 members (excludes halogenated alkanes) is 1. The number of rotatable bonds is 11. The van der Waals surface area contributed by atoms with Crippen LogP contribution >= 0.6 is 0 Å². The van der Waals surface area contributed by atoms with Gasteiger partial charge in [0.2, 0.25) is 20.0 Å². The number of hydrogen-bond donors (Lipinski definition) is 2. The number of carbonyl (C=O) groups excluding carboxylic acids is 2. The number of sulfonamides is 2. The van der Waals surface area contributed by atoms with E-state index >= 15 is 0 Å². The summed E-state index contributed by atoms with van der Waals surface area (Å²) < 4.78 is 63.5. The van der Waals surface area contributed by atoms with Gasteiger partial charge in [0.25, 0.3) is 0 Å². The quantitative estimate of drug-likeness (QED) is 0.281. The number of hydrogen-bond acceptors (Lipinski definition) is 8. The second-order valence-corrected chi connectivity index (χ2v) is 10.5. The predicted octanol–water partition coefficient (Wildman–Crippen LogP) is 2.50. The summed E-state index contributed by atoms with van der Waals surface area (Å²) in [6.07, 6.45) is 0.209. The first-order valence-electron chi connectivity index (χ1n) is 9.52. The van der Waals surface area contributed by atoms with Crippen molar-refractivity contribution in [3.63, 3.8) is 0 Å². The zero-order valence-electron chi connectivity index (χ0n) is 17.5. The average molecular weight is 485 g/mol. The number of benzene rings is 2. The molecule has 0 unspecified atom stereocenters. The van der Waals surface area contributed by atoms with Crippen LogP contribution in [0.4, 0.5) is 11.4 Å². The number of anilines is 2. The molecule has 0 saturated carbocycles. The third-order valence-electron chi connectivity index (χ3n) is 3.81. The molecule has 0 aliphatic carbocycles. The third kappa shape index (κ3) is 9.35. The molecule has 0 amide bonds. The fourth-order valence-corrected chi connectivity index (χ4v) is 4.97. The van der Waals surface area contributed by atoms with E-state index in [-0.39, 0.29) is 47.2 Å². The normalized spacial score (nSPS) is 11.4. The first-order valence-corrected chi connectivity index (χ1v) is 12.8. The molecule has 10 nitrogen and oxygen atoms in total. The molecule has 2 N–H and O–H groups in total. The lowest BCUT2D eigenvalue weighted by Gasteiger charge is -2.11. The molecule has 0 spiro atoms. The molecule has 0 aliphatic rings. The van der Waals surface area contributed by atoms with Gasteiger partial charge in [0.15, 0.2) is 0 Å². The van der Waals surface area contributed by atoms with Crippen LogP contribution in [0.5, 0.6) is 11.5 Å². The Kier molecular flexibility index (Phi) is 8.61. The molecule has 0 saturated heterocycles. The summed E-state index contributed by atoms with van der Waals surface area (Å²) in [6.45, 7) is 2.47. The number of carbonyl (C=O) groups is 2. The number of ether oxygens (including phenoxy) is 2. The largest absolute Gasteiger partial charge is 0.427 e. The highest BCUT2D eigenvalue weighted by Crippen LogP contribution is 2.20. The summed E-state index contributed by atoms with van der Waals surface area (Å²) in [6, 6.07) is 11.8. The predicted molar refractivity (Wildman–Crippen MR) is 120 cm³/mol. The highest BCUT2D eigenvalue weighted by atomic mass is 32.2. The smallest absolute Gasteiger partial charge is 0.308 e. The topological polar surface area (TPSA) is 145 Å². The van der Waals surface area contributed by atoms with Gasteiger partial charge in [-0.25, -0.2) is 16.8 Å². The minimum Gasteiger partial charge on any atom is -0.427 e. The molecule has 0 fully saturated rings. The molecule has 2 aromatic carbocycles. The van der Waals surface area contributed by atoms with Crippen molar-refractivity contribution in [2.75, 3.05) is 20.9 Å². The third-order valence-corrected chi connectivity index (χ3v) is 6.56. The van der Waals surface area contributed by atoms with E-state index < -0.39 is 32.0 Å². The van der Waals surface area contributed by atoms with Crippen molar-refractivity contribution in [1.82, 2.24) is 0 Å². The van der Waals surface area contributed by atoms with E-state index in [4.69, 9.17) is 9.47 Å². The van der Waals surface area contributed by atoms with E-state index in [0.717, 1.165) is 0 Å². The Hall–Kier alpha value is -3.12. The molecule has 0 atom stereocenters. The van der Waals surface area contributed by atoms with Gasteiger partial charge in [-0.3, -0.25) is 19.0 Å². The summed E-state index contributed by atoms with van der Waals surface area (Å²) in [7, 11) is -7.46. The molecule has 0 radical (unpaired) electrons. The Morgan fingerprint density at radius 2 is 1.09 bits per heavy atom. The Morgan fingerprint density at radius 3 is 1.44 bits per heavy atom. The lowest BCUT2D eigenvalue weighted by molar-refractivity contribution is -0.132. The molecular weight excluding hydrogens is 460 g/mol. The molecule has 2 aromatic rings. The molecule has 32 heavy (non-hydrogen) atoms. The van der Waals surface area contributed by atoms with Crippen molar-refractivity contribution in [1.29, 1.82) is 0 Å². The Morgan fingerprint density at radius 1 is 0.719 bits per heavy atom. The van der Waals surface area contributed by atoms with E-state index in [1.165, 1.54) is 62.4 Å². The molecule has 174 valence electrons. The van der Waals surface area contributed by atoms with Crippen LogP contribution in [-0.2, 0) is 29.6 Å². The van der Waals surface area contributed by atoms with Gasteiger partial charge in [-0.05, 0) is 37.1 Å². The minimum atomic E-state index is -3.73. The lowest BCUT2D eigenvalue weighted by atomic mass is 10.3. The molecule has 0 aliphatic heterocycles. The van der Waals surface area contributed by atoms with Crippen LogP contribution in [-0.4, -0.2) is 40.3 Å². The summed E-state index contributed by atoms with van der Waals surface area (Å²) in [4.78, 5) is 22.0. The van der Waals surface area contributed by atoms with Gasteiger partial charge in [0, 0.05) is 26.0 Å². The fourth-order valence-electron chi connectivity index (χ4n) is 2.62. The molecule has 0 bridgehead atoms. The zero-order chi connectivity index (χ0) is 23.8. The zero-order valence-corrected chi connectivity index (χ0v) is 19.2. The highest BCUT2D eigenvalue weighted by Gasteiger charge is 2.15. The van der Waals surface area contributed by atoms with Crippen LogP contribution in [0.15, 0.2) is 48.5 Å². The van der Waals surface area contributed by atoms with Gasteiger partial charge < -0.3 is 9.47 Å². The van der Waals surface area contributed by atoms with Gasteiger partial charge in [0.05, 0.1) is 22.9 Å². The average Bonchev–Trinajstić information content (AvgIpc) is 2.64. The van der Waals surface area contributed by atoms with Gasteiger partial charge in [-0.2, -0.15) is 0 Å². The van der Waals surface area contributed by atoms with Crippen LogP contribution in [0.2, 0.25) is 0 Å². The van der Waals surface area contributed by atoms with Crippen molar-refractivity contribution in [3.8, 4) is 11.5 Å². The van der Waals surface area contributed by atoms with E-state index in [0.29, 0.717) is 0 Å². The van der Waals surface area contributed by atoms with Crippen LogP contribution in [0, 0.1) is 0 Å². The summed E-state index contributed by atoms with van der Waals surface area (Å²) >= 11 is 0. The van der Waals surface area contributed by atoms with Crippen molar-refractivity contribution in [2.45, 2.75) is 26.7 Å². The van der Waals surface area contributed by atoms with E-state index in [1.54, 1.807) is 0 Å². The SMILES string of the molecule is CC(=O)Oc1cccc(NS(=O)(=O)CCCCS(=O)(=O)Nc2cccc(OC(C)=O)c2)c1. The summed E-state index contributed by atoms with van der Waals surface area (Å²) in [5.41, 5.74) is 0.455. The maximum absolute atomic E-state index is 12.2. The molecule has 0 aromatic heterocycles. The molecular formula is C20H24N2O8S2. The van der Waals surface area contributed by atoms with Crippen LogP contribution in [0.1, 0.15) is 26.7 Å². The summed E-state index contributed by atoms with van der Waals surface area (Å²) in [5, 5.41) is 0. The highest BCUT2D eigenvalue weighted by molar-refractivity contribution is 7.93. The van der Waals surface area contributed by atoms with Crippen molar-refractivity contribution in [3.05, 3.63) is 48.5 Å². The van der Waals surface area contributed by atoms with Crippen LogP contribution < -0.4 is 18.9 Å². The molecule has 12 heteroatoms. The van der Waals surface area contributed by atoms with Gasteiger partial charge >= 0.3 is 11.9 Å². The first-order chi connectivity index (χ1) is 14.9. The van der Waals surface area contributed by atoms with Gasteiger partial charge in [-0.1, -0.05) is 12.1 Å². The van der Waals surface area contributed by atoms with Crippen molar-refractivity contribution in [2.24, 2.45) is 0 Å². The molecule has 2 rings (SSSR count). The Labute approximate surface area is 187 Å². The first kappa shape index (κ1) is 25.1. The van der Waals surface area contributed by atoms with E-state index in [1.807, 2.05) is 0 Å². The minimum absolute atomic E-state index is 0.105. The fraction of sp³-hybridized carbons (Fsp3) is 0.300. The van der Waals surface area contributed by atoms with Crippen LogP contribution in [0.25, 0.3) is 0 Å². The lowest BCUT2D eigenvalue weighted by Crippen LogP contribution is -2.20. The second kappa shape index (κ2) is 11.0. The van der Waals surface area contributed by atoms with Gasteiger partial charge in [-0.15, -0.1) is 0 Å². The Bertz CT molecular complexity index is 1080. The van der Waals surface area contributed by atoms with Crippen molar-refractivity contribution >= 4 is 43.4 Å². The Balaban J connectivity index is 1.85. The maximum atomic E-state index is 12.2.